The highest BCUT2D eigenvalue weighted by atomic mass is 35.5. The van der Waals surface area contributed by atoms with Crippen molar-refractivity contribution in [2.24, 2.45) is 0 Å². The van der Waals surface area contributed by atoms with Crippen LogP contribution in [0.1, 0.15) is 24.8 Å². The Morgan fingerprint density at radius 1 is 0.889 bits per heavy atom. The molecule has 5 rings (SSSR count). The van der Waals surface area contributed by atoms with Crippen LogP contribution in [0.15, 0.2) is 66.7 Å². The zero-order valence-corrected chi connectivity index (χ0v) is 21.0. The molecule has 1 aromatic heterocycles. The predicted octanol–water partition coefficient (Wildman–Crippen LogP) is 4.07. The minimum Gasteiger partial charge on any atom is -0.353 e. The highest BCUT2D eigenvalue weighted by Gasteiger charge is 2.35. The molecule has 186 valence electrons. The molecule has 0 bridgehead atoms. The summed E-state index contributed by atoms with van der Waals surface area (Å²) in [5.41, 5.74) is 2.57. The van der Waals surface area contributed by atoms with Crippen molar-refractivity contribution in [3.63, 3.8) is 0 Å². The van der Waals surface area contributed by atoms with Gasteiger partial charge in [0.15, 0.2) is 5.82 Å². The minimum absolute atomic E-state index is 0.0188. The Labute approximate surface area is 216 Å². The average Bonchev–Trinajstić information content (AvgIpc) is 3.75. The van der Waals surface area contributed by atoms with Crippen LogP contribution < -0.4 is 4.90 Å². The second kappa shape index (κ2) is 11.1. The summed E-state index contributed by atoms with van der Waals surface area (Å²) in [5, 5.41) is 9.47. The van der Waals surface area contributed by atoms with Crippen LogP contribution in [0.3, 0.4) is 0 Å². The summed E-state index contributed by atoms with van der Waals surface area (Å²) < 4.78 is 0. The van der Waals surface area contributed by atoms with E-state index in [9.17, 15) is 9.59 Å². The maximum absolute atomic E-state index is 13.2. The number of benzene rings is 2. The first kappa shape index (κ1) is 24.3. The number of rotatable bonds is 7. The van der Waals surface area contributed by atoms with Gasteiger partial charge in [-0.2, -0.15) is 0 Å². The molecule has 3 aromatic rings. The van der Waals surface area contributed by atoms with Crippen molar-refractivity contribution in [2.75, 3.05) is 37.6 Å². The van der Waals surface area contributed by atoms with Crippen LogP contribution in [-0.2, 0) is 16.0 Å². The van der Waals surface area contributed by atoms with Gasteiger partial charge in [-0.15, -0.1) is 10.2 Å². The van der Waals surface area contributed by atoms with E-state index in [1.807, 2.05) is 71.6 Å². The SMILES string of the molecule is O=C(CN(C(=O)Cc1ccccc1)C1CC1)N1CCCN(c2ccc(-c3ccccc3Cl)nn2)CC1. The predicted molar refractivity (Wildman–Crippen MR) is 141 cm³/mol. The number of anilines is 1. The molecule has 2 aliphatic rings. The van der Waals surface area contributed by atoms with Crippen LogP contribution in [0.2, 0.25) is 5.02 Å². The lowest BCUT2D eigenvalue weighted by Gasteiger charge is -2.27. The van der Waals surface area contributed by atoms with Crippen molar-refractivity contribution >= 4 is 29.2 Å². The van der Waals surface area contributed by atoms with Crippen molar-refractivity contribution in [3.05, 3.63) is 77.3 Å². The molecule has 2 aromatic carbocycles. The van der Waals surface area contributed by atoms with Gasteiger partial charge in [0.05, 0.1) is 17.1 Å². The first-order chi connectivity index (χ1) is 17.6. The number of aromatic nitrogens is 2. The van der Waals surface area contributed by atoms with Gasteiger partial charge in [-0.1, -0.05) is 60.1 Å². The summed E-state index contributed by atoms with van der Waals surface area (Å²) in [5.74, 6) is 0.838. The molecule has 1 aliphatic heterocycles. The van der Waals surface area contributed by atoms with E-state index in [4.69, 9.17) is 11.6 Å². The smallest absolute Gasteiger partial charge is 0.242 e. The fourth-order valence-electron chi connectivity index (χ4n) is 4.63. The molecular weight excluding hydrogens is 474 g/mol. The van der Waals surface area contributed by atoms with E-state index < -0.39 is 0 Å². The normalized spacial score (nSPS) is 15.9. The van der Waals surface area contributed by atoms with E-state index in [-0.39, 0.29) is 24.4 Å². The van der Waals surface area contributed by atoms with Gasteiger partial charge in [0, 0.05) is 37.8 Å². The monoisotopic (exact) mass is 503 g/mol. The summed E-state index contributed by atoms with van der Waals surface area (Å²) in [6, 6.07) is 21.4. The maximum atomic E-state index is 13.2. The number of carbonyl (C=O) groups is 2. The molecule has 1 aliphatic carbocycles. The molecule has 7 nitrogen and oxygen atoms in total. The number of hydrogen-bond donors (Lipinski definition) is 0. The van der Waals surface area contributed by atoms with Gasteiger partial charge in [-0.25, -0.2) is 0 Å². The molecule has 0 spiro atoms. The van der Waals surface area contributed by atoms with Crippen molar-refractivity contribution in [2.45, 2.75) is 31.7 Å². The molecule has 0 unspecified atom stereocenters. The summed E-state index contributed by atoms with van der Waals surface area (Å²) in [4.78, 5) is 32.0. The fraction of sp³-hybridized carbons (Fsp3) is 0.357. The van der Waals surface area contributed by atoms with Gasteiger partial charge in [-0.05, 0) is 43.0 Å². The first-order valence-corrected chi connectivity index (χ1v) is 12.9. The molecule has 8 heteroatoms. The molecule has 36 heavy (non-hydrogen) atoms. The van der Waals surface area contributed by atoms with E-state index in [0.717, 1.165) is 48.4 Å². The Hall–Kier alpha value is -3.45. The van der Waals surface area contributed by atoms with Crippen molar-refractivity contribution < 1.29 is 9.59 Å². The number of nitrogens with zero attached hydrogens (tertiary/aromatic N) is 5. The Morgan fingerprint density at radius 3 is 2.39 bits per heavy atom. The van der Waals surface area contributed by atoms with Crippen LogP contribution in [0.25, 0.3) is 11.3 Å². The zero-order valence-electron chi connectivity index (χ0n) is 20.2. The Balaban J connectivity index is 1.18. The van der Waals surface area contributed by atoms with Gasteiger partial charge in [0.25, 0.3) is 0 Å². The number of carbonyl (C=O) groups excluding carboxylic acids is 2. The third kappa shape index (κ3) is 5.85. The van der Waals surface area contributed by atoms with Gasteiger partial charge in [0.1, 0.15) is 6.54 Å². The van der Waals surface area contributed by atoms with Crippen LogP contribution >= 0.6 is 11.6 Å². The highest BCUT2D eigenvalue weighted by molar-refractivity contribution is 6.33. The molecule has 2 heterocycles. The third-order valence-corrected chi connectivity index (χ3v) is 7.11. The largest absolute Gasteiger partial charge is 0.353 e. The van der Waals surface area contributed by atoms with Gasteiger partial charge in [-0.3, -0.25) is 9.59 Å². The topological polar surface area (TPSA) is 69.6 Å². The van der Waals surface area contributed by atoms with Crippen molar-refractivity contribution in [1.29, 1.82) is 0 Å². The molecule has 2 fully saturated rings. The van der Waals surface area contributed by atoms with E-state index in [2.05, 4.69) is 15.1 Å². The second-order valence-corrected chi connectivity index (χ2v) is 9.80. The Morgan fingerprint density at radius 2 is 1.67 bits per heavy atom. The number of hydrogen-bond acceptors (Lipinski definition) is 5. The lowest BCUT2D eigenvalue weighted by atomic mass is 10.1. The quantitative estimate of drug-likeness (QED) is 0.486. The summed E-state index contributed by atoms with van der Waals surface area (Å²) in [7, 11) is 0. The summed E-state index contributed by atoms with van der Waals surface area (Å²) in [6.07, 6.45) is 3.12. The standard InChI is InChI=1S/C28H30ClN5O2/c29-24-10-5-4-9-23(24)25-13-14-26(31-30-25)32-15-6-16-33(18-17-32)28(36)20-34(22-11-12-22)27(35)19-21-7-2-1-3-8-21/h1-5,7-10,13-14,22H,6,11-12,15-20H2. The molecule has 2 amide bonds. The van der Waals surface area contributed by atoms with E-state index in [0.29, 0.717) is 31.1 Å². The minimum atomic E-state index is 0.0188. The van der Waals surface area contributed by atoms with Crippen molar-refractivity contribution in [1.82, 2.24) is 20.0 Å². The molecule has 0 atom stereocenters. The van der Waals surface area contributed by atoms with E-state index in [1.54, 1.807) is 4.90 Å². The van der Waals surface area contributed by atoms with Gasteiger partial charge >= 0.3 is 0 Å². The van der Waals surface area contributed by atoms with Crippen molar-refractivity contribution in [3.8, 4) is 11.3 Å². The average molecular weight is 504 g/mol. The second-order valence-electron chi connectivity index (χ2n) is 9.39. The van der Waals surface area contributed by atoms with Crippen LogP contribution in [0, 0.1) is 0 Å². The highest BCUT2D eigenvalue weighted by Crippen LogP contribution is 2.28. The van der Waals surface area contributed by atoms with Gasteiger partial charge in [0.2, 0.25) is 11.8 Å². The third-order valence-electron chi connectivity index (χ3n) is 6.78. The molecule has 1 saturated carbocycles. The number of halogens is 1. The Kier molecular flexibility index (Phi) is 7.47. The lowest BCUT2D eigenvalue weighted by Crippen LogP contribution is -2.45. The molecule has 1 saturated heterocycles. The van der Waals surface area contributed by atoms with Gasteiger partial charge < -0.3 is 14.7 Å². The Bertz CT molecular complexity index is 1200. The summed E-state index contributed by atoms with van der Waals surface area (Å²) in [6.45, 7) is 2.89. The van der Waals surface area contributed by atoms with Crippen LogP contribution in [0.5, 0.6) is 0 Å². The fourth-order valence-corrected chi connectivity index (χ4v) is 4.86. The maximum Gasteiger partial charge on any atom is 0.242 e. The number of amides is 2. The van der Waals surface area contributed by atoms with E-state index in [1.165, 1.54) is 0 Å². The molecule has 0 radical (unpaired) electrons. The molecular formula is C28H30ClN5O2. The zero-order chi connectivity index (χ0) is 24.9. The lowest BCUT2D eigenvalue weighted by molar-refractivity contribution is -0.140. The van der Waals surface area contributed by atoms with Crippen LogP contribution in [-0.4, -0.2) is 70.6 Å². The first-order valence-electron chi connectivity index (χ1n) is 12.5. The molecule has 0 N–H and O–H groups in total. The summed E-state index contributed by atoms with van der Waals surface area (Å²) >= 11 is 6.29. The van der Waals surface area contributed by atoms with E-state index >= 15 is 0 Å². The van der Waals surface area contributed by atoms with Crippen LogP contribution in [0.4, 0.5) is 5.82 Å².